The van der Waals surface area contributed by atoms with Gasteiger partial charge in [-0.3, -0.25) is 4.79 Å². The fraction of sp³-hybridized carbons (Fsp3) is 0.190. The van der Waals surface area contributed by atoms with Crippen molar-refractivity contribution in [2.24, 2.45) is 0 Å². The number of carbonyl (C=O) groups excluding carboxylic acids is 1. The van der Waals surface area contributed by atoms with E-state index in [-0.39, 0.29) is 25.1 Å². The van der Waals surface area contributed by atoms with Crippen LogP contribution in [0.15, 0.2) is 48.5 Å². The number of ether oxygens (including phenoxy) is 3. The molecule has 7 nitrogen and oxygen atoms in total. The molecule has 1 N–H and O–H groups in total. The molecule has 0 fully saturated rings. The predicted molar refractivity (Wildman–Crippen MR) is 104 cm³/mol. The monoisotopic (exact) mass is 431 g/mol. The number of amides is 1. The molecule has 1 amide bonds. The van der Waals surface area contributed by atoms with Gasteiger partial charge in [0.25, 0.3) is 5.91 Å². The molecule has 0 bridgehead atoms. The molecule has 0 unspecified atom stereocenters. The number of aryl methyl sites for hydroxylation is 1. The Labute approximate surface area is 174 Å². The van der Waals surface area contributed by atoms with Crippen LogP contribution in [0.3, 0.4) is 0 Å². The molecule has 1 aromatic heterocycles. The van der Waals surface area contributed by atoms with Gasteiger partial charge in [0.05, 0.1) is 5.56 Å². The minimum absolute atomic E-state index is 0.128. The number of anilines is 1. The second kappa shape index (κ2) is 8.13. The highest BCUT2D eigenvalue weighted by atomic mass is 19.4. The van der Waals surface area contributed by atoms with Crippen molar-refractivity contribution in [2.45, 2.75) is 13.1 Å². The van der Waals surface area contributed by atoms with E-state index >= 15 is 0 Å². The van der Waals surface area contributed by atoms with Crippen molar-refractivity contribution < 1.29 is 32.2 Å². The average Bonchev–Trinajstić information content (AvgIpc) is 3.19. The first kappa shape index (κ1) is 20.5. The summed E-state index contributed by atoms with van der Waals surface area (Å²) in [6.07, 6.45) is -4.42. The van der Waals surface area contributed by atoms with Crippen molar-refractivity contribution in [3.05, 3.63) is 59.8 Å². The standard InChI is InChI=1S/C21H16F3N3O4/c1-12-8-19(27-20(25-12)13-2-4-14(5-3-13)21(22,23)24)29-10-18(28)26-15-6-7-16-17(9-15)31-11-30-16/h2-9H,10-11H2,1H3,(H,26,28). The SMILES string of the molecule is Cc1cc(OCC(=O)Nc2ccc3c(c2)OCO3)nc(-c2ccc(C(F)(F)F)cc2)n1. The van der Waals surface area contributed by atoms with Gasteiger partial charge in [0.2, 0.25) is 12.7 Å². The van der Waals surface area contributed by atoms with Gasteiger partial charge < -0.3 is 19.5 Å². The summed E-state index contributed by atoms with van der Waals surface area (Å²) in [6, 6.07) is 11.0. The van der Waals surface area contributed by atoms with E-state index in [9.17, 15) is 18.0 Å². The first-order chi connectivity index (χ1) is 14.8. The number of rotatable bonds is 5. The van der Waals surface area contributed by atoms with Crippen LogP contribution in [0, 0.1) is 6.92 Å². The Morgan fingerprint density at radius 3 is 2.55 bits per heavy atom. The van der Waals surface area contributed by atoms with E-state index in [0.29, 0.717) is 28.4 Å². The number of nitrogens with one attached hydrogen (secondary N) is 1. The summed E-state index contributed by atoms with van der Waals surface area (Å²) in [4.78, 5) is 20.6. The second-order valence-corrected chi connectivity index (χ2v) is 6.65. The molecule has 0 atom stereocenters. The lowest BCUT2D eigenvalue weighted by Gasteiger charge is -2.10. The van der Waals surface area contributed by atoms with Crippen LogP contribution >= 0.6 is 0 Å². The molecule has 10 heteroatoms. The quantitative estimate of drug-likeness (QED) is 0.652. The number of alkyl halides is 3. The molecule has 4 rings (SSSR count). The number of halogens is 3. The molecule has 2 heterocycles. The van der Waals surface area contributed by atoms with Gasteiger partial charge in [0.15, 0.2) is 23.9 Å². The first-order valence-electron chi connectivity index (χ1n) is 9.13. The Morgan fingerprint density at radius 1 is 1.06 bits per heavy atom. The topological polar surface area (TPSA) is 82.6 Å². The van der Waals surface area contributed by atoms with Crippen LogP contribution in [-0.4, -0.2) is 29.3 Å². The molecular formula is C21H16F3N3O4. The fourth-order valence-corrected chi connectivity index (χ4v) is 2.86. The second-order valence-electron chi connectivity index (χ2n) is 6.65. The van der Waals surface area contributed by atoms with Crippen molar-refractivity contribution in [3.63, 3.8) is 0 Å². The molecular weight excluding hydrogens is 415 g/mol. The maximum absolute atomic E-state index is 12.7. The van der Waals surface area contributed by atoms with Crippen LogP contribution in [0.4, 0.5) is 18.9 Å². The van der Waals surface area contributed by atoms with E-state index in [1.807, 2.05) is 0 Å². The number of nitrogens with zero attached hydrogens (tertiary/aromatic N) is 2. The zero-order valence-electron chi connectivity index (χ0n) is 16.2. The van der Waals surface area contributed by atoms with Crippen molar-refractivity contribution in [1.29, 1.82) is 0 Å². The number of benzene rings is 2. The zero-order valence-corrected chi connectivity index (χ0v) is 16.2. The molecule has 0 radical (unpaired) electrons. The van der Waals surface area contributed by atoms with Crippen molar-refractivity contribution in [2.75, 3.05) is 18.7 Å². The van der Waals surface area contributed by atoms with Gasteiger partial charge in [-0.25, -0.2) is 4.98 Å². The van der Waals surface area contributed by atoms with Gasteiger partial charge in [-0.15, -0.1) is 0 Å². The molecule has 0 spiro atoms. The van der Waals surface area contributed by atoms with Crippen LogP contribution in [-0.2, 0) is 11.0 Å². The summed E-state index contributed by atoms with van der Waals surface area (Å²) >= 11 is 0. The van der Waals surface area contributed by atoms with Crippen molar-refractivity contribution in [1.82, 2.24) is 9.97 Å². The fourth-order valence-electron chi connectivity index (χ4n) is 2.86. The lowest BCUT2D eigenvalue weighted by Crippen LogP contribution is -2.20. The van der Waals surface area contributed by atoms with Gasteiger partial charge >= 0.3 is 6.18 Å². The van der Waals surface area contributed by atoms with E-state index < -0.39 is 17.6 Å². The van der Waals surface area contributed by atoms with Crippen molar-refractivity contribution >= 4 is 11.6 Å². The summed E-state index contributed by atoms with van der Waals surface area (Å²) in [5.74, 6) is 1.03. The molecule has 31 heavy (non-hydrogen) atoms. The lowest BCUT2D eigenvalue weighted by molar-refractivity contribution is -0.137. The number of fused-ring (bicyclic) bond motifs is 1. The van der Waals surface area contributed by atoms with Gasteiger partial charge in [0, 0.05) is 29.1 Å². The third-order valence-corrected chi connectivity index (χ3v) is 4.31. The molecule has 3 aromatic rings. The summed E-state index contributed by atoms with van der Waals surface area (Å²) in [7, 11) is 0. The third kappa shape index (κ3) is 4.85. The lowest BCUT2D eigenvalue weighted by atomic mass is 10.1. The van der Waals surface area contributed by atoms with Gasteiger partial charge in [-0.2, -0.15) is 18.2 Å². The molecule has 1 aliphatic heterocycles. The minimum Gasteiger partial charge on any atom is -0.467 e. The van der Waals surface area contributed by atoms with Crippen LogP contribution in [0.2, 0.25) is 0 Å². The molecule has 0 aliphatic carbocycles. The number of carbonyl (C=O) groups is 1. The van der Waals surface area contributed by atoms with Crippen molar-refractivity contribution in [3.8, 4) is 28.8 Å². The summed E-state index contributed by atoms with van der Waals surface area (Å²) < 4.78 is 54.2. The van der Waals surface area contributed by atoms with E-state index in [2.05, 4.69) is 15.3 Å². The Kier molecular flexibility index (Phi) is 5.37. The minimum atomic E-state index is -4.42. The van der Waals surface area contributed by atoms with E-state index in [1.165, 1.54) is 18.2 Å². The van der Waals surface area contributed by atoms with Crippen LogP contribution in [0.1, 0.15) is 11.3 Å². The Hall–Kier alpha value is -3.82. The van der Waals surface area contributed by atoms with Gasteiger partial charge in [0.1, 0.15) is 0 Å². The largest absolute Gasteiger partial charge is 0.467 e. The number of hydrogen-bond acceptors (Lipinski definition) is 6. The van der Waals surface area contributed by atoms with E-state index in [1.54, 1.807) is 25.1 Å². The third-order valence-electron chi connectivity index (χ3n) is 4.31. The van der Waals surface area contributed by atoms with Gasteiger partial charge in [-0.05, 0) is 31.2 Å². The maximum atomic E-state index is 12.7. The van der Waals surface area contributed by atoms with Crippen LogP contribution in [0.25, 0.3) is 11.4 Å². The summed E-state index contributed by atoms with van der Waals surface area (Å²) in [5.41, 5.74) is 0.685. The molecule has 1 aliphatic rings. The highest BCUT2D eigenvalue weighted by molar-refractivity contribution is 5.92. The highest BCUT2D eigenvalue weighted by Gasteiger charge is 2.30. The Bertz CT molecular complexity index is 1120. The molecule has 0 saturated heterocycles. The zero-order chi connectivity index (χ0) is 22.0. The number of hydrogen-bond donors (Lipinski definition) is 1. The predicted octanol–water partition coefficient (Wildman–Crippen LogP) is 4.22. The Morgan fingerprint density at radius 2 is 1.81 bits per heavy atom. The normalized spacial score (nSPS) is 12.5. The molecule has 0 saturated carbocycles. The highest BCUT2D eigenvalue weighted by Crippen LogP contribution is 2.34. The van der Waals surface area contributed by atoms with E-state index in [0.717, 1.165) is 12.1 Å². The summed E-state index contributed by atoms with van der Waals surface area (Å²) in [5, 5.41) is 2.67. The van der Waals surface area contributed by atoms with E-state index in [4.69, 9.17) is 14.2 Å². The molecule has 160 valence electrons. The molecule has 2 aromatic carbocycles. The Balaban J connectivity index is 1.42. The maximum Gasteiger partial charge on any atom is 0.416 e. The summed E-state index contributed by atoms with van der Waals surface area (Å²) in [6.45, 7) is 1.50. The van der Waals surface area contributed by atoms with Gasteiger partial charge in [-0.1, -0.05) is 12.1 Å². The van der Waals surface area contributed by atoms with Crippen LogP contribution in [0.5, 0.6) is 17.4 Å². The van der Waals surface area contributed by atoms with Crippen LogP contribution < -0.4 is 19.5 Å². The first-order valence-corrected chi connectivity index (χ1v) is 9.13. The smallest absolute Gasteiger partial charge is 0.416 e. The number of aromatic nitrogens is 2. The average molecular weight is 431 g/mol.